The minimum atomic E-state index is -0.912. The SMILES string of the molecule is CCCCCC(=O)NCCCCC(NC(=O)C(CCCCN)NC(=O)CCOCCOCCOCCNC(=O)OCc1ccccc1)C(=O)OC(C)(C)C. The lowest BCUT2D eigenvalue weighted by atomic mass is 10.1. The monoisotopic (exact) mass is 765 g/mol. The molecule has 2 unspecified atom stereocenters. The second-order valence-corrected chi connectivity index (χ2v) is 13.9. The van der Waals surface area contributed by atoms with Crippen molar-refractivity contribution in [3.8, 4) is 0 Å². The van der Waals surface area contributed by atoms with Gasteiger partial charge in [0.15, 0.2) is 0 Å². The van der Waals surface area contributed by atoms with Gasteiger partial charge in [-0.15, -0.1) is 0 Å². The van der Waals surface area contributed by atoms with Crippen molar-refractivity contribution >= 4 is 29.8 Å². The number of alkyl carbamates (subject to hydrolysis) is 1. The lowest BCUT2D eigenvalue weighted by Gasteiger charge is -2.26. The van der Waals surface area contributed by atoms with E-state index in [1.807, 2.05) is 30.3 Å². The van der Waals surface area contributed by atoms with Gasteiger partial charge in [0.25, 0.3) is 0 Å². The fourth-order valence-corrected chi connectivity index (χ4v) is 4.95. The Balaban J connectivity index is 2.37. The van der Waals surface area contributed by atoms with Crippen LogP contribution in [0.2, 0.25) is 0 Å². The number of nitrogens with two attached hydrogens (primary N) is 1. The van der Waals surface area contributed by atoms with Crippen molar-refractivity contribution in [3.05, 3.63) is 35.9 Å². The molecule has 6 N–H and O–H groups in total. The van der Waals surface area contributed by atoms with Crippen LogP contribution in [0.15, 0.2) is 30.3 Å². The number of amides is 4. The molecule has 0 saturated heterocycles. The molecule has 2 atom stereocenters. The number of carbonyl (C=O) groups is 5. The fourth-order valence-electron chi connectivity index (χ4n) is 4.95. The molecule has 0 aliphatic heterocycles. The molecule has 0 radical (unpaired) electrons. The maximum Gasteiger partial charge on any atom is 0.407 e. The molecule has 0 saturated carbocycles. The summed E-state index contributed by atoms with van der Waals surface area (Å²) in [5, 5.41) is 11.1. The molecule has 0 heterocycles. The molecular weight excluding hydrogens is 698 g/mol. The van der Waals surface area contributed by atoms with Gasteiger partial charge in [0.1, 0.15) is 24.3 Å². The second-order valence-electron chi connectivity index (χ2n) is 13.9. The number of nitrogens with one attached hydrogen (secondary N) is 4. The summed E-state index contributed by atoms with van der Waals surface area (Å²) in [4.78, 5) is 63.0. The van der Waals surface area contributed by atoms with E-state index in [1.165, 1.54) is 0 Å². The van der Waals surface area contributed by atoms with Crippen LogP contribution in [0, 0.1) is 0 Å². The van der Waals surface area contributed by atoms with E-state index in [4.69, 9.17) is 29.4 Å². The summed E-state index contributed by atoms with van der Waals surface area (Å²) < 4.78 is 27.2. The van der Waals surface area contributed by atoms with Gasteiger partial charge < -0.3 is 50.7 Å². The molecule has 0 fully saturated rings. The van der Waals surface area contributed by atoms with Crippen LogP contribution in [0.1, 0.15) is 104 Å². The third-order valence-electron chi connectivity index (χ3n) is 7.80. The topological polar surface area (TPSA) is 206 Å². The second kappa shape index (κ2) is 30.5. The van der Waals surface area contributed by atoms with Gasteiger partial charge >= 0.3 is 12.1 Å². The molecule has 4 amide bonds. The number of benzene rings is 1. The Morgan fingerprint density at radius 3 is 2.00 bits per heavy atom. The minimum absolute atomic E-state index is 0.0129. The standard InChI is InChI=1S/C39H67N5O10/c1-5-6-8-19-34(45)41-22-14-12-18-33(37(48)54-39(2,3)4)44-36(47)32(17-11-13-21-40)43-35(46)20-24-50-26-28-52-29-27-51-25-23-42-38(49)53-30-31-15-9-7-10-16-31/h7,9-10,15-16,32-33H,5-6,8,11-14,17-30,40H2,1-4H3,(H,41,45)(H,42,49)(H,43,46)(H,44,47). The largest absolute Gasteiger partial charge is 0.458 e. The molecule has 0 aliphatic carbocycles. The maximum absolute atomic E-state index is 13.4. The summed E-state index contributed by atoms with van der Waals surface area (Å²) in [5.41, 5.74) is 5.81. The average molecular weight is 766 g/mol. The van der Waals surface area contributed by atoms with Crippen molar-refractivity contribution < 1.29 is 47.7 Å². The molecule has 1 aromatic carbocycles. The van der Waals surface area contributed by atoms with Crippen LogP contribution in [-0.2, 0) is 49.5 Å². The van der Waals surface area contributed by atoms with Gasteiger partial charge in [-0.2, -0.15) is 0 Å². The zero-order valence-corrected chi connectivity index (χ0v) is 33.1. The maximum atomic E-state index is 13.4. The van der Waals surface area contributed by atoms with Gasteiger partial charge in [0.05, 0.1) is 39.6 Å². The molecule has 0 bridgehead atoms. The van der Waals surface area contributed by atoms with Crippen LogP contribution in [-0.4, -0.2) is 107 Å². The van der Waals surface area contributed by atoms with Gasteiger partial charge in [-0.1, -0.05) is 50.1 Å². The minimum Gasteiger partial charge on any atom is -0.458 e. The van der Waals surface area contributed by atoms with Gasteiger partial charge in [-0.05, 0) is 77.8 Å². The van der Waals surface area contributed by atoms with Gasteiger partial charge in [-0.25, -0.2) is 9.59 Å². The number of ether oxygens (including phenoxy) is 5. The molecule has 0 spiro atoms. The quantitative estimate of drug-likeness (QED) is 0.0545. The number of hydrogen-bond donors (Lipinski definition) is 5. The van der Waals surface area contributed by atoms with Crippen LogP contribution in [0.3, 0.4) is 0 Å². The smallest absolute Gasteiger partial charge is 0.407 e. The third kappa shape index (κ3) is 26.9. The highest BCUT2D eigenvalue weighted by molar-refractivity contribution is 5.90. The normalized spacial score (nSPS) is 12.3. The predicted molar refractivity (Wildman–Crippen MR) is 205 cm³/mol. The van der Waals surface area contributed by atoms with Gasteiger partial charge in [0.2, 0.25) is 17.7 Å². The Kier molecular flexibility index (Phi) is 27.3. The number of unbranched alkanes of at least 4 members (excludes halogenated alkanes) is 4. The van der Waals surface area contributed by atoms with E-state index in [0.717, 1.165) is 24.8 Å². The van der Waals surface area contributed by atoms with E-state index >= 15 is 0 Å². The Labute approximate surface area is 321 Å². The van der Waals surface area contributed by atoms with E-state index in [2.05, 4.69) is 28.2 Å². The Morgan fingerprint density at radius 1 is 0.685 bits per heavy atom. The van der Waals surface area contributed by atoms with Crippen LogP contribution < -0.4 is 27.0 Å². The molecular formula is C39H67N5O10. The number of hydrogen-bond acceptors (Lipinski definition) is 11. The Bertz CT molecular complexity index is 1180. The highest BCUT2D eigenvalue weighted by Gasteiger charge is 2.29. The van der Waals surface area contributed by atoms with Crippen molar-refractivity contribution in [1.29, 1.82) is 0 Å². The molecule has 1 rings (SSSR count). The summed E-state index contributed by atoms with van der Waals surface area (Å²) in [6, 6.07) is 7.62. The number of esters is 1. The van der Waals surface area contributed by atoms with E-state index in [9.17, 15) is 24.0 Å². The fraction of sp³-hybridized carbons (Fsp3) is 0.718. The first kappa shape index (κ1) is 48.2. The highest BCUT2D eigenvalue weighted by atomic mass is 16.6. The Hall–Kier alpha value is -3.79. The van der Waals surface area contributed by atoms with Crippen LogP contribution in [0.25, 0.3) is 0 Å². The third-order valence-corrected chi connectivity index (χ3v) is 7.80. The molecule has 1 aromatic rings. The van der Waals surface area contributed by atoms with E-state index in [-0.39, 0.29) is 38.1 Å². The van der Waals surface area contributed by atoms with Gasteiger partial charge in [-0.3, -0.25) is 14.4 Å². The van der Waals surface area contributed by atoms with Crippen molar-refractivity contribution in [2.45, 2.75) is 123 Å². The first-order valence-corrected chi connectivity index (χ1v) is 19.4. The van der Waals surface area contributed by atoms with Gasteiger partial charge in [0, 0.05) is 25.9 Å². The average Bonchev–Trinajstić information content (AvgIpc) is 3.13. The molecule has 15 heteroatoms. The molecule has 15 nitrogen and oxygen atoms in total. The van der Waals surface area contributed by atoms with E-state index in [0.29, 0.717) is 91.0 Å². The molecule has 0 aliphatic rings. The van der Waals surface area contributed by atoms with Crippen molar-refractivity contribution in [1.82, 2.24) is 21.3 Å². The lowest BCUT2D eigenvalue weighted by molar-refractivity contribution is -0.159. The van der Waals surface area contributed by atoms with Crippen molar-refractivity contribution in [2.24, 2.45) is 5.73 Å². The lowest BCUT2D eigenvalue weighted by Crippen LogP contribution is -2.52. The van der Waals surface area contributed by atoms with E-state index in [1.54, 1.807) is 20.8 Å². The van der Waals surface area contributed by atoms with Crippen molar-refractivity contribution in [3.63, 3.8) is 0 Å². The van der Waals surface area contributed by atoms with Crippen LogP contribution in [0.5, 0.6) is 0 Å². The molecule has 308 valence electrons. The zero-order valence-electron chi connectivity index (χ0n) is 33.1. The number of rotatable bonds is 31. The molecule has 0 aromatic heterocycles. The number of carbonyl (C=O) groups excluding carboxylic acids is 5. The summed E-state index contributed by atoms with van der Waals surface area (Å²) in [5.74, 6) is -1.38. The summed E-state index contributed by atoms with van der Waals surface area (Å²) in [6.07, 6.45) is 6.10. The van der Waals surface area contributed by atoms with Crippen LogP contribution in [0.4, 0.5) is 4.79 Å². The first-order chi connectivity index (χ1) is 25.9. The summed E-state index contributed by atoms with van der Waals surface area (Å²) in [6.45, 7) is 10.5. The first-order valence-electron chi connectivity index (χ1n) is 19.4. The summed E-state index contributed by atoms with van der Waals surface area (Å²) >= 11 is 0. The zero-order chi connectivity index (χ0) is 39.9. The van der Waals surface area contributed by atoms with Crippen LogP contribution >= 0.6 is 0 Å². The Morgan fingerprint density at radius 2 is 1.33 bits per heavy atom. The highest BCUT2D eigenvalue weighted by Crippen LogP contribution is 2.13. The molecule has 54 heavy (non-hydrogen) atoms. The van der Waals surface area contributed by atoms with Crippen molar-refractivity contribution in [2.75, 3.05) is 59.3 Å². The van der Waals surface area contributed by atoms with E-state index < -0.39 is 35.7 Å². The predicted octanol–water partition coefficient (Wildman–Crippen LogP) is 3.66. The summed E-state index contributed by atoms with van der Waals surface area (Å²) in [7, 11) is 0.